The molecule has 1 amide bonds. The highest BCUT2D eigenvalue weighted by Gasteiger charge is 2.29. The van der Waals surface area contributed by atoms with Gasteiger partial charge in [0.15, 0.2) is 19.6 Å². The Labute approximate surface area is 155 Å². The number of hydrogen-bond acceptors (Lipinski definition) is 8. The quantitative estimate of drug-likeness (QED) is 0.706. The molecule has 26 heavy (non-hydrogen) atoms. The topological polar surface area (TPSA) is 112 Å². The van der Waals surface area contributed by atoms with Crippen molar-refractivity contribution in [2.45, 2.75) is 17.7 Å². The van der Waals surface area contributed by atoms with E-state index >= 15 is 0 Å². The Morgan fingerprint density at radius 2 is 2.04 bits per heavy atom. The molecule has 0 unspecified atom stereocenters. The van der Waals surface area contributed by atoms with Crippen molar-refractivity contribution in [2.24, 2.45) is 0 Å². The lowest BCUT2D eigenvalue weighted by Gasteiger charge is -2.08. The largest absolute Gasteiger partial charge is 0.472 e. The first-order valence-electron chi connectivity index (χ1n) is 7.56. The monoisotopic (exact) mass is 398 g/mol. The number of hydrogen-bond donors (Lipinski definition) is 1. The van der Waals surface area contributed by atoms with Crippen molar-refractivity contribution < 1.29 is 27.5 Å². The van der Waals surface area contributed by atoms with E-state index in [2.05, 4.69) is 14.4 Å². The normalized spacial score (nSPS) is 11.0. The van der Waals surface area contributed by atoms with Crippen LogP contribution in [0.3, 0.4) is 0 Å². The molecule has 0 fully saturated rings. The van der Waals surface area contributed by atoms with Gasteiger partial charge >= 0.3 is 5.97 Å². The third kappa shape index (κ3) is 4.58. The lowest BCUT2D eigenvalue weighted by atomic mass is 10.1. The van der Waals surface area contributed by atoms with Crippen LogP contribution in [0.4, 0.5) is 0 Å². The smallest absolute Gasteiger partial charge is 0.345 e. The summed E-state index contributed by atoms with van der Waals surface area (Å²) >= 11 is 0.649. The number of ether oxygens (including phenoxy) is 2. The van der Waals surface area contributed by atoms with Crippen LogP contribution in [-0.2, 0) is 21.2 Å². The van der Waals surface area contributed by atoms with Gasteiger partial charge in [-0.05, 0) is 36.2 Å². The van der Waals surface area contributed by atoms with Crippen LogP contribution in [0.1, 0.15) is 33.2 Å². The third-order valence-electron chi connectivity index (χ3n) is 3.26. The standard InChI is InChI=1S/C16H18N2O6S2/c1-4-17-13(19)11-7-5-6-10(8-11)9-24-14-12(15(20)23-2)16(25-18-14)26(3,21)22/h5-8H,4,9H2,1-3H3,(H,17,19). The number of carbonyl (C=O) groups excluding carboxylic acids is 2. The first-order valence-corrected chi connectivity index (χ1v) is 10.2. The summed E-state index contributed by atoms with van der Waals surface area (Å²) < 4.78 is 37.5. The molecule has 2 rings (SSSR count). The Balaban J connectivity index is 2.25. The van der Waals surface area contributed by atoms with E-state index in [-0.39, 0.29) is 28.2 Å². The number of nitrogens with one attached hydrogen (secondary N) is 1. The molecular weight excluding hydrogens is 380 g/mol. The van der Waals surface area contributed by atoms with Gasteiger partial charge in [-0.3, -0.25) is 4.79 Å². The van der Waals surface area contributed by atoms with Gasteiger partial charge in [0.25, 0.3) is 5.91 Å². The van der Waals surface area contributed by atoms with Gasteiger partial charge in [-0.25, -0.2) is 13.2 Å². The van der Waals surface area contributed by atoms with Gasteiger partial charge in [0, 0.05) is 18.4 Å². The molecule has 2 aromatic rings. The van der Waals surface area contributed by atoms with Crippen LogP contribution in [-0.4, -0.2) is 44.6 Å². The Morgan fingerprint density at radius 1 is 1.31 bits per heavy atom. The fraction of sp³-hybridized carbons (Fsp3) is 0.312. The highest BCUT2D eigenvalue weighted by Crippen LogP contribution is 2.30. The van der Waals surface area contributed by atoms with Gasteiger partial charge in [-0.15, -0.1) is 0 Å². The van der Waals surface area contributed by atoms with Gasteiger partial charge in [0.1, 0.15) is 6.61 Å². The zero-order valence-corrected chi connectivity index (χ0v) is 16.1. The fourth-order valence-corrected chi connectivity index (χ4v) is 3.87. The van der Waals surface area contributed by atoms with Crippen LogP contribution in [0.2, 0.25) is 0 Å². The van der Waals surface area contributed by atoms with E-state index in [0.29, 0.717) is 29.2 Å². The van der Waals surface area contributed by atoms with Crippen molar-refractivity contribution in [1.29, 1.82) is 0 Å². The molecule has 10 heteroatoms. The number of esters is 1. The van der Waals surface area contributed by atoms with Crippen molar-refractivity contribution in [3.8, 4) is 5.88 Å². The maximum Gasteiger partial charge on any atom is 0.345 e. The van der Waals surface area contributed by atoms with Crippen LogP contribution >= 0.6 is 11.5 Å². The Bertz CT molecular complexity index is 921. The molecule has 140 valence electrons. The zero-order chi connectivity index (χ0) is 19.3. The SMILES string of the molecule is CCNC(=O)c1cccc(COc2nsc(S(C)(=O)=O)c2C(=O)OC)c1. The molecule has 1 aromatic heterocycles. The maximum absolute atomic E-state index is 11.9. The van der Waals surface area contributed by atoms with Crippen LogP contribution in [0, 0.1) is 0 Å². The summed E-state index contributed by atoms with van der Waals surface area (Å²) in [5.74, 6) is -1.17. The van der Waals surface area contributed by atoms with E-state index in [1.54, 1.807) is 24.3 Å². The number of sulfone groups is 1. The summed E-state index contributed by atoms with van der Waals surface area (Å²) in [5.41, 5.74) is 0.912. The van der Waals surface area contributed by atoms with E-state index in [0.717, 1.165) is 13.4 Å². The lowest BCUT2D eigenvalue weighted by molar-refractivity contribution is 0.0591. The minimum Gasteiger partial charge on any atom is -0.472 e. The molecule has 0 radical (unpaired) electrons. The van der Waals surface area contributed by atoms with Crippen molar-refractivity contribution in [3.63, 3.8) is 0 Å². The zero-order valence-electron chi connectivity index (χ0n) is 14.4. The molecule has 0 saturated carbocycles. The van der Waals surface area contributed by atoms with E-state index in [4.69, 9.17) is 4.74 Å². The summed E-state index contributed by atoms with van der Waals surface area (Å²) in [6, 6.07) is 6.75. The van der Waals surface area contributed by atoms with E-state index < -0.39 is 15.8 Å². The number of methoxy groups -OCH3 is 1. The summed E-state index contributed by atoms with van der Waals surface area (Å²) in [7, 11) is -2.51. The molecule has 0 spiro atoms. The summed E-state index contributed by atoms with van der Waals surface area (Å²) in [4.78, 5) is 23.8. The molecule has 0 aliphatic heterocycles. The highest BCUT2D eigenvalue weighted by molar-refractivity contribution is 7.92. The molecule has 0 bridgehead atoms. The molecule has 0 aliphatic rings. The van der Waals surface area contributed by atoms with Gasteiger partial charge in [0.05, 0.1) is 7.11 Å². The van der Waals surface area contributed by atoms with E-state index in [9.17, 15) is 18.0 Å². The number of amides is 1. The fourth-order valence-electron chi connectivity index (χ4n) is 2.10. The predicted molar refractivity (Wildman–Crippen MR) is 95.3 cm³/mol. The summed E-state index contributed by atoms with van der Waals surface area (Å²) in [6.07, 6.45) is 0.979. The first kappa shape index (κ1) is 19.9. The van der Waals surface area contributed by atoms with Gasteiger partial charge in [-0.1, -0.05) is 12.1 Å². The molecule has 1 heterocycles. The highest BCUT2D eigenvalue weighted by atomic mass is 32.2. The Hall–Kier alpha value is -2.46. The van der Waals surface area contributed by atoms with Gasteiger partial charge < -0.3 is 14.8 Å². The number of aromatic nitrogens is 1. The second-order valence-corrected chi connectivity index (χ2v) is 8.25. The first-order chi connectivity index (χ1) is 12.3. The molecule has 8 nitrogen and oxygen atoms in total. The maximum atomic E-state index is 11.9. The van der Waals surface area contributed by atoms with Crippen molar-refractivity contribution in [2.75, 3.05) is 19.9 Å². The average Bonchev–Trinajstić information content (AvgIpc) is 3.04. The predicted octanol–water partition coefficient (Wildman–Crippen LogP) is 1.66. The second kappa shape index (κ2) is 8.28. The van der Waals surface area contributed by atoms with Gasteiger partial charge in [0.2, 0.25) is 5.88 Å². The van der Waals surface area contributed by atoms with Crippen molar-refractivity contribution >= 4 is 33.2 Å². The Morgan fingerprint density at radius 3 is 2.65 bits per heavy atom. The second-order valence-electron chi connectivity index (χ2n) is 5.26. The Kier molecular flexibility index (Phi) is 6.32. The minimum absolute atomic E-state index is 0.00414. The number of nitrogens with zero attached hydrogens (tertiary/aromatic N) is 1. The molecule has 1 aromatic carbocycles. The molecule has 0 aliphatic carbocycles. The van der Waals surface area contributed by atoms with Crippen molar-refractivity contribution in [3.05, 3.63) is 41.0 Å². The van der Waals surface area contributed by atoms with Gasteiger partial charge in [-0.2, -0.15) is 4.37 Å². The molecule has 0 atom stereocenters. The third-order valence-corrected chi connectivity index (χ3v) is 5.89. The molecular formula is C16H18N2O6S2. The summed E-state index contributed by atoms with van der Waals surface area (Å²) in [6.45, 7) is 2.33. The number of carbonyl (C=O) groups is 2. The lowest BCUT2D eigenvalue weighted by Crippen LogP contribution is -2.22. The van der Waals surface area contributed by atoms with E-state index in [1.165, 1.54) is 0 Å². The van der Waals surface area contributed by atoms with Crippen LogP contribution in [0.25, 0.3) is 0 Å². The molecule has 1 N–H and O–H groups in total. The minimum atomic E-state index is -3.65. The number of benzene rings is 1. The van der Waals surface area contributed by atoms with Crippen LogP contribution in [0.5, 0.6) is 5.88 Å². The molecule has 0 saturated heterocycles. The summed E-state index contributed by atoms with van der Waals surface area (Å²) in [5, 5.41) is 2.70. The number of rotatable bonds is 7. The van der Waals surface area contributed by atoms with E-state index in [1.807, 2.05) is 6.92 Å². The van der Waals surface area contributed by atoms with Crippen LogP contribution in [0.15, 0.2) is 28.5 Å². The van der Waals surface area contributed by atoms with Crippen molar-refractivity contribution in [1.82, 2.24) is 9.69 Å². The average molecular weight is 398 g/mol. The van der Waals surface area contributed by atoms with Crippen LogP contribution < -0.4 is 10.1 Å².